The molecule has 4 rings (SSSR count). The van der Waals surface area contributed by atoms with E-state index in [4.69, 9.17) is 14.9 Å². The van der Waals surface area contributed by atoms with Crippen molar-refractivity contribution in [3.8, 4) is 5.75 Å². The summed E-state index contributed by atoms with van der Waals surface area (Å²) in [6.45, 7) is 0. The predicted molar refractivity (Wildman–Crippen MR) is 89.5 cm³/mol. The fraction of sp³-hybridized carbons (Fsp3) is 0.368. The van der Waals surface area contributed by atoms with Gasteiger partial charge in [-0.05, 0) is 49.3 Å². The normalized spacial score (nSPS) is 22.3. The van der Waals surface area contributed by atoms with Crippen molar-refractivity contribution in [3.05, 3.63) is 42.0 Å². The Labute approximate surface area is 130 Å². The number of rotatable bonds is 2. The van der Waals surface area contributed by atoms with Crippen LogP contribution in [0.2, 0.25) is 0 Å². The minimum atomic E-state index is 0.367. The van der Waals surface area contributed by atoms with Crippen LogP contribution in [0, 0.1) is 0 Å². The highest BCUT2D eigenvalue weighted by molar-refractivity contribution is 6.08. The summed E-state index contributed by atoms with van der Waals surface area (Å²) in [7, 11) is 1.70. The number of fused-ring (bicyclic) bond motifs is 3. The second kappa shape index (κ2) is 5.33. The van der Waals surface area contributed by atoms with Gasteiger partial charge in [0.2, 0.25) is 0 Å². The zero-order valence-electron chi connectivity index (χ0n) is 12.8. The Morgan fingerprint density at radius 1 is 1.05 bits per heavy atom. The van der Waals surface area contributed by atoms with E-state index >= 15 is 0 Å². The topological polar surface area (TPSA) is 48.4 Å². The third kappa shape index (κ3) is 2.08. The molecule has 0 bridgehead atoms. The molecule has 0 unspecified atom stereocenters. The number of hydrogen-bond acceptors (Lipinski definition) is 3. The van der Waals surface area contributed by atoms with Gasteiger partial charge in [-0.2, -0.15) is 0 Å². The highest BCUT2D eigenvalue weighted by Crippen LogP contribution is 2.43. The summed E-state index contributed by atoms with van der Waals surface area (Å²) in [5.74, 6) is 1.37. The van der Waals surface area contributed by atoms with Gasteiger partial charge >= 0.3 is 0 Å². The van der Waals surface area contributed by atoms with Crippen LogP contribution in [0.15, 0.2) is 40.8 Å². The van der Waals surface area contributed by atoms with Crippen LogP contribution in [0.1, 0.15) is 37.2 Å². The quantitative estimate of drug-likeness (QED) is 0.752. The number of methoxy groups -OCH3 is 1. The van der Waals surface area contributed by atoms with E-state index in [0.29, 0.717) is 12.0 Å². The van der Waals surface area contributed by atoms with Crippen molar-refractivity contribution in [2.24, 2.45) is 5.73 Å². The molecule has 0 spiro atoms. The van der Waals surface area contributed by atoms with Crippen LogP contribution >= 0.6 is 0 Å². The van der Waals surface area contributed by atoms with E-state index in [1.54, 1.807) is 7.11 Å². The number of benzene rings is 2. The number of ether oxygens (including phenoxy) is 1. The van der Waals surface area contributed by atoms with Gasteiger partial charge in [0.05, 0.1) is 7.11 Å². The Balaban J connectivity index is 1.94. The van der Waals surface area contributed by atoms with Gasteiger partial charge in [0.15, 0.2) is 11.3 Å². The van der Waals surface area contributed by atoms with Gasteiger partial charge in [-0.25, -0.2) is 0 Å². The van der Waals surface area contributed by atoms with E-state index in [9.17, 15) is 0 Å². The smallest absolute Gasteiger partial charge is 0.177 e. The van der Waals surface area contributed by atoms with Gasteiger partial charge in [-0.3, -0.25) is 0 Å². The molecule has 1 aromatic heterocycles. The first-order chi connectivity index (χ1) is 10.8. The van der Waals surface area contributed by atoms with Gasteiger partial charge in [-0.1, -0.05) is 24.3 Å². The summed E-state index contributed by atoms with van der Waals surface area (Å²) in [4.78, 5) is 0. The van der Waals surface area contributed by atoms with Crippen LogP contribution in [-0.2, 0) is 0 Å². The molecular formula is C19H21NO2. The number of para-hydroxylation sites is 1. The highest BCUT2D eigenvalue weighted by Gasteiger charge is 2.24. The minimum Gasteiger partial charge on any atom is -0.493 e. The van der Waals surface area contributed by atoms with Gasteiger partial charge in [0.25, 0.3) is 0 Å². The molecule has 2 aromatic carbocycles. The van der Waals surface area contributed by atoms with Gasteiger partial charge < -0.3 is 14.9 Å². The summed E-state index contributed by atoms with van der Waals surface area (Å²) < 4.78 is 11.6. The fourth-order valence-corrected chi connectivity index (χ4v) is 3.76. The Hall–Kier alpha value is -2.00. The van der Waals surface area contributed by atoms with Gasteiger partial charge in [-0.15, -0.1) is 0 Å². The predicted octanol–water partition coefficient (Wildman–Crippen LogP) is 4.58. The molecule has 0 saturated heterocycles. The average molecular weight is 295 g/mol. The van der Waals surface area contributed by atoms with Gasteiger partial charge in [0.1, 0.15) is 5.58 Å². The maximum Gasteiger partial charge on any atom is 0.177 e. The summed E-state index contributed by atoms with van der Waals surface area (Å²) in [5.41, 5.74) is 9.25. The second-order valence-corrected chi connectivity index (χ2v) is 6.27. The maximum atomic E-state index is 6.08. The van der Waals surface area contributed by atoms with Crippen LogP contribution in [0.25, 0.3) is 21.9 Å². The molecule has 1 aliphatic rings. The molecule has 1 fully saturated rings. The Kier molecular flexibility index (Phi) is 3.30. The Morgan fingerprint density at radius 3 is 2.59 bits per heavy atom. The fourth-order valence-electron chi connectivity index (χ4n) is 3.76. The van der Waals surface area contributed by atoms with Crippen molar-refractivity contribution in [1.29, 1.82) is 0 Å². The molecule has 1 heterocycles. The molecule has 1 aliphatic carbocycles. The monoisotopic (exact) mass is 295 g/mol. The highest BCUT2D eigenvalue weighted by atomic mass is 16.5. The largest absolute Gasteiger partial charge is 0.493 e. The first kappa shape index (κ1) is 13.6. The first-order valence-electron chi connectivity index (χ1n) is 8.01. The van der Waals surface area contributed by atoms with E-state index in [1.165, 1.54) is 16.3 Å². The Bertz CT molecular complexity index is 813. The lowest BCUT2D eigenvalue weighted by molar-refractivity contribution is 0.395. The van der Waals surface area contributed by atoms with Crippen LogP contribution in [-0.4, -0.2) is 13.2 Å². The number of nitrogens with two attached hydrogens (primary N) is 1. The van der Waals surface area contributed by atoms with Crippen LogP contribution in [0.5, 0.6) is 5.75 Å². The Morgan fingerprint density at radius 2 is 1.82 bits per heavy atom. The molecule has 0 amide bonds. The molecular weight excluding hydrogens is 274 g/mol. The molecule has 1 saturated carbocycles. The summed E-state index contributed by atoms with van der Waals surface area (Å²) >= 11 is 0. The summed E-state index contributed by atoms with van der Waals surface area (Å²) in [6, 6.07) is 12.9. The summed E-state index contributed by atoms with van der Waals surface area (Å²) in [5, 5.41) is 2.40. The van der Waals surface area contributed by atoms with Crippen LogP contribution in [0.4, 0.5) is 0 Å². The van der Waals surface area contributed by atoms with Crippen LogP contribution < -0.4 is 10.5 Å². The van der Waals surface area contributed by atoms with Crippen molar-refractivity contribution in [2.75, 3.05) is 7.11 Å². The van der Waals surface area contributed by atoms with E-state index in [0.717, 1.165) is 42.6 Å². The zero-order valence-corrected chi connectivity index (χ0v) is 12.8. The number of hydrogen-bond donors (Lipinski definition) is 1. The molecule has 2 N–H and O–H groups in total. The molecule has 0 aliphatic heterocycles. The lowest BCUT2D eigenvalue weighted by Gasteiger charge is -2.27. The van der Waals surface area contributed by atoms with E-state index in [2.05, 4.69) is 18.2 Å². The molecule has 3 nitrogen and oxygen atoms in total. The van der Waals surface area contributed by atoms with E-state index in [-0.39, 0.29) is 0 Å². The molecule has 3 aromatic rings. The minimum absolute atomic E-state index is 0.367. The number of furan rings is 1. The van der Waals surface area contributed by atoms with Crippen LogP contribution in [0.3, 0.4) is 0 Å². The molecule has 3 heteroatoms. The van der Waals surface area contributed by atoms with E-state index < -0.39 is 0 Å². The van der Waals surface area contributed by atoms with Crippen molar-refractivity contribution in [3.63, 3.8) is 0 Å². The molecule has 0 radical (unpaired) electrons. The maximum absolute atomic E-state index is 6.08. The van der Waals surface area contributed by atoms with E-state index in [1.807, 2.05) is 18.2 Å². The molecule has 22 heavy (non-hydrogen) atoms. The van der Waals surface area contributed by atoms with Gasteiger partial charge in [0, 0.05) is 16.8 Å². The second-order valence-electron chi connectivity index (χ2n) is 6.27. The van der Waals surface area contributed by atoms with Crippen molar-refractivity contribution in [2.45, 2.75) is 37.6 Å². The lowest BCUT2D eigenvalue weighted by Crippen LogP contribution is -2.25. The van der Waals surface area contributed by atoms with Crippen molar-refractivity contribution < 1.29 is 9.15 Å². The van der Waals surface area contributed by atoms with Crippen molar-refractivity contribution >= 4 is 21.9 Å². The third-order valence-electron chi connectivity index (χ3n) is 4.95. The zero-order chi connectivity index (χ0) is 15.1. The standard InChI is InChI=1S/C19H21NO2/c1-21-17-11-10-14(12-6-8-13(20)9-7-12)18-15-4-2-3-5-16(15)22-19(17)18/h2-5,10-13H,6-9,20H2,1H3. The van der Waals surface area contributed by atoms with Crippen molar-refractivity contribution in [1.82, 2.24) is 0 Å². The SMILES string of the molecule is COc1ccc(C2CCC(N)CC2)c2c1oc1ccccc12. The first-order valence-corrected chi connectivity index (χ1v) is 8.01. The molecule has 114 valence electrons. The molecule has 0 atom stereocenters. The third-order valence-corrected chi connectivity index (χ3v) is 4.95. The lowest BCUT2D eigenvalue weighted by atomic mass is 9.80. The average Bonchev–Trinajstić information content (AvgIpc) is 2.94. The summed E-state index contributed by atoms with van der Waals surface area (Å²) in [6.07, 6.45) is 4.52.